The molecule has 0 aromatic rings. The third-order valence-corrected chi connectivity index (χ3v) is 4.40. The predicted molar refractivity (Wildman–Crippen MR) is 59.9 cm³/mol. The van der Waals surface area contributed by atoms with Crippen LogP contribution in [0.25, 0.3) is 0 Å². The lowest BCUT2D eigenvalue weighted by atomic mass is 10.0. The number of hydrogen-bond donors (Lipinski definition) is 0. The van der Waals surface area contributed by atoms with Crippen LogP contribution in [-0.2, 0) is 18.4 Å². The molecule has 5 heteroatoms. The smallest absolute Gasteiger partial charge is 0.303 e. The second kappa shape index (κ2) is 6.41. The van der Waals surface area contributed by atoms with Crippen LogP contribution in [0.2, 0.25) is 0 Å². The lowest BCUT2D eigenvalue weighted by Gasteiger charge is -2.21. The molecule has 0 aliphatic heterocycles. The van der Waals surface area contributed by atoms with Crippen molar-refractivity contribution in [1.29, 1.82) is 0 Å². The van der Waals surface area contributed by atoms with Crippen LogP contribution in [0.1, 0.15) is 34.6 Å². The third kappa shape index (κ3) is 4.06. The van der Waals surface area contributed by atoms with E-state index in [0.717, 1.165) is 0 Å². The van der Waals surface area contributed by atoms with Crippen molar-refractivity contribution in [1.82, 2.24) is 0 Å². The fourth-order valence-electron chi connectivity index (χ4n) is 1.04. The molecule has 0 saturated carbocycles. The maximum absolute atomic E-state index is 12.1. The largest absolute Gasteiger partial charge is 0.396 e. The van der Waals surface area contributed by atoms with Crippen molar-refractivity contribution in [2.24, 2.45) is 11.8 Å². The van der Waals surface area contributed by atoms with Gasteiger partial charge in [-0.15, -0.1) is 0 Å². The van der Waals surface area contributed by atoms with Gasteiger partial charge in [0.15, 0.2) is 0 Å². The summed E-state index contributed by atoms with van der Waals surface area (Å²) < 4.78 is 22.0. The monoisotopic (exact) mass is 236 g/mol. The van der Waals surface area contributed by atoms with Gasteiger partial charge in [0.2, 0.25) is 5.52 Å². The average molecular weight is 236 g/mol. The van der Waals surface area contributed by atoms with E-state index in [0.29, 0.717) is 0 Å². The molecule has 0 fully saturated rings. The minimum atomic E-state index is -3.56. The van der Waals surface area contributed by atoms with Crippen molar-refractivity contribution in [3.8, 4) is 0 Å². The second-order valence-corrected chi connectivity index (χ2v) is 5.66. The van der Waals surface area contributed by atoms with Crippen LogP contribution in [0.15, 0.2) is 0 Å². The summed E-state index contributed by atoms with van der Waals surface area (Å²) in [4.78, 5) is 11.9. The molecule has 0 heterocycles. The molecule has 4 nitrogen and oxygen atoms in total. The Balaban J connectivity index is 4.77. The number of rotatable bonds is 7. The van der Waals surface area contributed by atoms with E-state index < -0.39 is 13.1 Å². The normalized spacial score (nSPS) is 14.3. The van der Waals surface area contributed by atoms with E-state index in [1.54, 1.807) is 20.8 Å². The van der Waals surface area contributed by atoms with Gasteiger partial charge in [0.05, 0.1) is 13.2 Å². The van der Waals surface area contributed by atoms with E-state index in [1.165, 1.54) is 0 Å². The minimum absolute atomic E-state index is 0.131. The fourth-order valence-corrected chi connectivity index (χ4v) is 2.84. The van der Waals surface area contributed by atoms with Crippen molar-refractivity contribution in [2.45, 2.75) is 34.6 Å². The van der Waals surface area contributed by atoms with Gasteiger partial charge in [-0.3, -0.25) is 9.36 Å². The number of carbonyl (C=O) groups is 1. The molecular formula is C10H21O4P. The molecule has 0 radical (unpaired) electrons. The summed E-state index contributed by atoms with van der Waals surface area (Å²) in [5.41, 5.74) is -0.416. The van der Waals surface area contributed by atoms with Gasteiger partial charge in [0, 0.05) is 5.92 Å². The molecule has 0 N–H and O–H groups in total. The molecule has 0 saturated heterocycles. The maximum atomic E-state index is 12.1. The molecule has 0 aromatic carbocycles. The fraction of sp³-hybridized carbons (Fsp3) is 0.900. The van der Waals surface area contributed by atoms with Crippen molar-refractivity contribution in [3.05, 3.63) is 0 Å². The Morgan fingerprint density at radius 3 is 1.80 bits per heavy atom. The minimum Gasteiger partial charge on any atom is -0.303 e. The number of hydrogen-bond acceptors (Lipinski definition) is 4. The molecule has 0 amide bonds. The first-order valence-corrected chi connectivity index (χ1v) is 6.86. The van der Waals surface area contributed by atoms with E-state index in [-0.39, 0.29) is 25.0 Å². The highest BCUT2D eigenvalue weighted by molar-refractivity contribution is 7.71. The van der Waals surface area contributed by atoms with E-state index in [1.807, 2.05) is 13.8 Å². The first-order chi connectivity index (χ1) is 6.89. The Morgan fingerprint density at radius 2 is 1.53 bits per heavy atom. The number of carbonyl (C=O) groups excluding carboxylic acids is 1. The Hall–Kier alpha value is -0.180. The molecule has 15 heavy (non-hydrogen) atoms. The summed E-state index contributed by atoms with van der Waals surface area (Å²) in [6.45, 7) is 9.38. The van der Waals surface area contributed by atoms with Crippen LogP contribution in [0.4, 0.5) is 0 Å². The van der Waals surface area contributed by atoms with Crippen molar-refractivity contribution >= 4 is 13.1 Å². The molecule has 0 aromatic heterocycles. The summed E-state index contributed by atoms with van der Waals surface area (Å²) in [6.07, 6.45) is 0. The van der Waals surface area contributed by atoms with Crippen LogP contribution in [0.5, 0.6) is 0 Å². The Bertz CT molecular complexity index is 240. The quantitative estimate of drug-likeness (QED) is 0.637. The van der Waals surface area contributed by atoms with Gasteiger partial charge in [-0.25, -0.2) is 0 Å². The Labute approximate surface area is 91.9 Å². The Kier molecular flexibility index (Phi) is 6.34. The van der Waals surface area contributed by atoms with E-state index in [2.05, 4.69) is 0 Å². The van der Waals surface area contributed by atoms with Gasteiger partial charge < -0.3 is 9.05 Å². The van der Waals surface area contributed by atoms with Gasteiger partial charge in [-0.1, -0.05) is 20.8 Å². The van der Waals surface area contributed by atoms with Crippen LogP contribution in [-0.4, -0.2) is 18.7 Å². The van der Waals surface area contributed by atoms with Crippen LogP contribution in [0, 0.1) is 11.8 Å². The second-order valence-electron chi connectivity index (χ2n) is 3.70. The van der Waals surface area contributed by atoms with Crippen molar-refractivity contribution in [3.63, 3.8) is 0 Å². The zero-order chi connectivity index (χ0) is 12.1. The molecule has 0 rings (SSSR count). The lowest BCUT2D eigenvalue weighted by Crippen LogP contribution is -2.19. The highest BCUT2D eigenvalue weighted by Crippen LogP contribution is 2.51. The van der Waals surface area contributed by atoms with Crippen molar-refractivity contribution < 1.29 is 18.4 Å². The van der Waals surface area contributed by atoms with E-state index >= 15 is 0 Å². The Morgan fingerprint density at radius 1 is 1.13 bits per heavy atom. The molecule has 0 spiro atoms. The van der Waals surface area contributed by atoms with Crippen LogP contribution in [0.3, 0.4) is 0 Å². The highest BCUT2D eigenvalue weighted by atomic mass is 31.2. The highest BCUT2D eigenvalue weighted by Gasteiger charge is 2.38. The standard InChI is InChI=1S/C10H21O4P/c1-6-13-15(12,14-7-2)10(11)9(5)8(3)4/h8-9H,6-7H2,1-5H3. The van der Waals surface area contributed by atoms with Gasteiger partial charge in [0.1, 0.15) is 0 Å². The maximum Gasteiger partial charge on any atom is 0.396 e. The zero-order valence-corrected chi connectivity index (χ0v) is 11.0. The topological polar surface area (TPSA) is 52.6 Å². The summed E-state index contributed by atoms with van der Waals surface area (Å²) in [6, 6.07) is 0. The first-order valence-electron chi connectivity index (χ1n) is 5.32. The first kappa shape index (κ1) is 14.8. The molecule has 1 atom stereocenters. The molecule has 90 valence electrons. The molecule has 0 aliphatic carbocycles. The third-order valence-electron chi connectivity index (χ3n) is 2.26. The van der Waals surface area contributed by atoms with E-state index in [4.69, 9.17) is 9.05 Å². The SMILES string of the molecule is CCOP(=O)(OCC)C(=O)C(C)C(C)C. The summed E-state index contributed by atoms with van der Waals surface area (Å²) in [5.74, 6) is -0.180. The summed E-state index contributed by atoms with van der Waals surface area (Å²) in [5, 5.41) is 0. The molecular weight excluding hydrogens is 215 g/mol. The molecule has 0 aliphatic rings. The van der Waals surface area contributed by atoms with Gasteiger partial charge >= 0.3 is 7.60 Å². The average Bonchev–Trinajstić information content (AvgIpc) is 2.16. The predicted octanol–water partition coefficient (Wildman–Crippen LogP) is 3.07. The van der Waals surface area contributed by atoms with Crippen LogP contribution >= 0.6 is 7.60 Å². The summed E-state index contributed by atoms with van der Waals surface area (Å²) >= 11 is 0. The van der Waals surface area contributed by atoms with Gasteiger partial charge in [0.25, 0.3) is 0 Å². The lowest BCUT2D eigenvalue weighted by molar-refractivity contribution is -0.118. The zero-order valence-electron chi connectivity index (χ0n) is 10.1. The van der Waals surface area contributed by atoms with Gasteiger partial charge in [-0.2, -0.15) is 0 Å². The molecule has 1 unspecified atom stereocenters. The van der Waals surface area contributed by atoms with Gasteiger partial charge in [-0.05, 0) is 19.8 Å². The van der Waals surface area contributed by atoms with Crippen LogP contribution < -0.4 is 0 Å². The molecule has 0 bridgehead atoms. The van der Waals surface area contributed by atoms with Crippen molar-refractivity contribution in [2.75, 3.05) is 13.2 Å². The summed E-state index contributed by atoms with van der Waals surface area (Å²) in [7, 11) is -3.56. The van der Waals surface area contributed by atoms with E-state index in [9.17, 15) is 9.36 Å².